The molecule has 0 aromatic heterocycles. The van der Waals surface area contributed by atoms with Crippen molar-refractivity contribution in [2.45, 2.75) is 40.0 Å². The molecule has 0 aliphatic heterocycles. The quantitative estimate of drug-likeness (QED) is 0.674. The number of nitrogens with one attached hydrogen (secondary N) is 1. The molecule has 0 saturated carbocycles. The van der Waals surface area contributed by atoms with E-state index >= 15 is 0 Å². The molecule has 1 amide bonds. The minimum atomic E-state index is 0.145. The first-order valence-electron chi connectivity index (χ1n) is 5.89. The minimum Gasteiger partial charge on any atom is -0.384 e. The van der Waals surface area contributed by atoms with Crippen LogP contribution in [-0.4, -0.2) is 26.2 Å². The van der Waals surface area contributed by atoms with E-state index in [1.54, 1.807) is 7.11 Å². The monoisotopic (exact) mass is 215 g/mol. The van der Waals surface area contributed by atoms with Crippen LogP contribution < -0.4 is 5.32 Å². The fraction of sp³-hybridized carbons (Fsp3) is 0.917. The van der Waals surface area contributed by atoms with E-state index in [4.69, 9.17) is 4.74 Å². The maximum Gasteiger partial charge on any atom is 0.220 e. The molecule has 0 spiro atoms. The summed E-state index contributed by atoms with van der Waals surface area (Å²) in [6.45, 7) is 7.81. The van der Waals surface area contributed by atoms with Gasteiger partial charge in [-0.2, -0.15) is 0 Å². The molecule has 0 aliphatic carbocycles. The van der Waals surface area contributed by atoms with Gasteiger partial charge in [0.2, 0.25) is 5.91 Å². The molecule has 0 aliphatic rings. The van der Waals surface area contributed by atoms with Crippen molar-refractivity contribution in [1.29, 1.82) is 0 Å². The number of hydrogen-bond donors (Lipinski definition) is 1. The van der Waals surface area contributed by atoms with Crippen molar-refractivity contribution < 1.29 is 9.53 Å². The zero-order valence-electron chi connectivity index (χ0n) is 10.5. The lowest BCUT2D eigenvalue weighted by molar-refractivity contribution is -0.122. The van der Waals surface area contributed by atoms with Gasteiger partial charge >= 0.3 is 0 Å². The van der Waals surface area contributed by atoms with E-state index in [1.807, 2.05) is 6.92 Å². The van der Waals surface area contributed by atoms with Gasteiger partial charge in [-0.3, -0.25) is 4.79 Å². The van der Waals surface area contributed by atoms with Crippen LogP contribution in [0.2, 0.25) is 0 Å². The molecule has 3 heteroatoms. The number of carbonyl (C=O) groups is 1. The fourth-order valence-corrected chi connectivity index (χ4v) is 1.57. The number of rotatable bonds is 8. The highest BCUT2D eigenvalue weighted by atomic mass is 16.5. The Hall–Kier alpha value is -0.570. The van der Waals surface area contributed by atoms with Crippen molar-refractivity contribution in [3.8, 4) is 0 Å². The van der Waals surface area contributed by atoms with Gasteiger partial charge in [-0.1, -0.05) is 33.6 Å². The lowest BCUT2D eigenvalue weighted by Crippen LogP contribution is -2.30. The van der Waals surface area contributed by atoms with E-state index in [9.17, 15) is 4.79 Å². The van der Waals surface area contributed by atoms with Crippen LogP contribution >= 0.6 is 0 Å². The maximum atomic E-state index is 11.5. The summed E-state index contributed by atoms with van der Waals surface area (Å²) in [5, 5.41) is 2.98. The molecule has 0 aromatic rings. The average molecular weight is 215 g/mol. The first kappa shape index (κ1) is 14.4. The van der Waals surface area contributed by atoms with Gasteiger partial charge < -0.3 is 10.1 Å². The van der Waals surface area contributed by atoms with Gasteiger partial charge in [0.15, 0.2) is 0 Å². The van der Waals surface area contributed by atoms with Crippen LogP contribution in [0.1, 0.15) is 40.0 Å². The Kier molecular flexibility index (Phi) is 8.38. The Bertz CT molecular complexity index is 167. The Balaban J connectivity index is 3.64. The third-order valence-electron chi connectivity index (χ3n) is 2.73. The summed E-state index contributed by atoms with van der Waals surface area (Å²) in [4.78, 5) is 11.5. The smallest absolute Gasteiger partial charge is 0.220 e. The Morgan fingerprint density at radius 3 is 2.40 bits per heavy atom. The molecule has 0 rings (SSSR count). The van der Waals surface area contributed by atoms with Crippen molar-refractivity contribution in [3.05, 3.63) is 0 Å². The van der Waals surface area contributed by atoms with Crippen LogP contribution in [0.25, 0.3) is 0 Å². The number of hydrogen-bond acceptors (Lipinski definition) is 2. The highest BCUT2D eigenvalue weighted by molar-refractivity contribution is 5.76. The average Bonchev–Trinajstić information content (AvgIpc) is 2.19. The van der Waals surface area contributed by atoms with Crippen LogP contribution in [0.15, 0.2) is 0 Å². The summed E-state index contributed by atoms with van der Waals surface area (Å²) in [7, 11) is 1.67. The Morgan fingerprint density at radius 2 is 1.93 bits per heavy atom. The van der Waals surface area contributed by atoms with Gasteiger partial charge in [-0.25, -0.2) is 0 Å². The molecule has 3 nitrogen and oxygen atoms in total. The topological polar surface area (TPSA) is 38.3 Å². The third kappa shape index (κ3) is 7.37. The van der Waals surface area contributed by atoms with Gasteiger partial charge in [-0.15, -0.1) is 0 Å². The zero-order chi connectivity index (χ0) is 11.7. The van der Waals surface area contributed by atoms with Crippen molar-refractivity contribution in [3.63, 3.8) is 0 Å². The highest BCUT2D eigenvalue weighted by Gasteiger charge is 2.10. The highest BCUT2D eigenvalue weighted by Crippen LogP contribution is 2.06. The van der Waals surface area contributed by atoms with Crippen molar-refractivity contribution in [2.75, 3.05) is 20.3 Å². The predicted molar refractivity (Wildman–Crippen MR) is 62.7 cm³/mol. The van der Waals surface area contributed by atoms with Crippen molar-refractivity contribution in [1.82, 2.24) is 5.32 Å². The first-order valence-corrected chi connectivity index (χ1v) is 5.89. The summed E-state index contributed by atoms with van der Waals surface area (Å²) in [5.41, 5.74) is 0. The summed E-state index contributed by atoms with van der Waals surface area (Å²) >= 11 is 0. The van der Waals surface area contributed by atoms with Gasteiger partial charge in [0.05, 0.1) is 0 Å². The molecule has 0 aromatic carbocycles. The molecule has 0 radical (unpaired) electrons. The van der Waals surface area contributed by atoms with E-state index < -0.39 is 0 Å². The fourth-order valence-electron chi connectivity index (χ4n) is 1.57. The summed E-state index contributed by atoms with van der Waals surface area (Å²) in [5.74, 6) is 1.06. The number of methoxy groups -OCH3 is 1. The van der Waals surface area contributed by atoms with Crippen LogP contribution in [0.4, 0.5) is 0 Å². The second-order valence-electron chi connectivity index (χ2n) is 4.25. The molecule has 0 heterocycles. The summed E-state index contributed by atoms with van der Waals surface area (Å²) < 4.78 is 4.99. The lowest BCUT2D eigenvalue weighted by atomic mass is 10.0. The van der Waals surface area contributed by atoms with E-state index in [2.05, 4.69) is 19.2 Å². The van der Waals surface area contributed by atoms with Gasteiger partial charge in [0.1, 0.15) is 0 Å². The SMILES string of the molecule is CCC(CC)CNC(=O)CC(C)COC. The molecule has 15 heavy (non-hydrogen) atoms. The van der Waals surface area contributed by atoms with Crippen molar-refractivity contribution in [2.24, 2.45) is 11.8 Å². The Morgan fingerprint density at radius 1 is 1.33 bits per heavy atom. The molecule has 1 atom stereocenters. The maximum absolute atomic E-state index is 11.5. The van der Waals surface area contributed by atoms with Crippen LogP contribution in [0.5, 0.6) is 0 Å². The van der Waals surface area contributed by atoms with Gasteiger partial charge in [0.25, 0.3) is 0 Å². The first-order chi connectivity index (χ1) is 7.13. The Labute approximate surface area is 93.6 Å². The van der Waals surface area contributed by atoms with Crippen molar-refractivity contribution >= 4 is 5.91 Å². The molecular weight excluding hydrogens is 190 g/mol. The second kappa shape index (κ2) is 8.72. The van der Waals surface area contributed by atoms with Gasteiger partial charge in [0, 0.05) is 26.7 Å². The molecule has 0 saturated heterocycles. The summed E-state index contributed by atoms with van der Waals surface area (Å²) in [6, 6.07) is 0. The molecule has 1 unspecified atom stereocenters. The van der Waals surface area contributed by atoms with Gasteiger partial charge in [-0.05, 0) is 11.8 Å². The van der Waals surface area contributed by atoms with E-state index in [0.29, 0.717) is 24.9 Å². The number of amides is 1. The molecule has 90 valence electrons. The molecule has 1 N–H and O–H groups in total. The standard InChI is InChI=1S/C12H25NO2/c1-5-11(6-2)8-13-12(14)7-10(3)9-15-4/h10-11H,5-9H2,1-4H3,(H,13,14). The number of ether oxygens (including phenoxy) is 1. The lowest BCUT2D eigenvalue weighted by Gasteiger charge is -2.15. The molecule has 0 fully saturated rings. The van der Waals surface area contributed by atoms with E-state index in [1.165, 1.54) is 0 Å². The molecule has 0 bridgehead atoms. The van der Waals surface area contributed by atoms with Crippen LogP contribution in [-0.2, 0) is 9.53 Å². The minimum absolute atomic E-state index is 0.145. The second-order valence-corrected chi connectivity index (χ2v) is 4.25. The normalized spacial score (nSPS) is 12.9. The zero-order valence-corrected chi connectivity index (χ0v) is 10.5. The molecular formula is C12H25NO2. The van der Waals surface area contributed by atoms with Crippen LogP contribution in [0.3, 0.4) is 0 Å². The van der Waals surface area contributed by atoms with E-state index in [-0.39, 0.29) is 5.91 Å². The third-order valence-corrected chi connectivity index (χ3v) is 2.73. The number of carbonyl (C=O) groups excluding carboxylic acids is 1. The largest absolute Gasteiger partial charge is 0.384 e. The summed E-state index contributed by atoms with van der Waals surface area (Å²) in [6.07, 6.45) is 2.82. The predicted octanol–water partition coefficient (Wildman–Crippen LogP) is 2.21. The van der Waals surface area contributed by atoms with Crippen LogP contribution in [0, 0.1) is 11.8 Å². The van der Waals surface area contributed by atoms with E-state index in [0.717, 1.165) is 19.4 Å².